The molecule has 0 spiro atoms. The number of esters is 1. The number of methoxy groups -OCH3 is 1. The molecule has 0 saturated heterocycles. The number of hydrogen-bond donors (Lipinski definition) is 0. The number of carbonyl (C=O) groups is 3. The number of rotatable bonds is 11. The molecule has 0 aliphatic heterocycles. The third-order valence-corrected chi connectivity index (χ3v) is 6.77. The van der Waals surface area contributed by atoms with Crippen LogP contribution in [0.15, 0.2) is 91.0 Å². The van der Waals surface area contributed by atoms with Gasteiger partial charge >= 0.3 is 5.97 Å². The lowest BCUT2D eigenvalue weighted by molar-refractivity contribution is -0.143. The second-order valence-electron chi connectivity index (χ2n) is 8.30. The highest BCUT2D eigenvalue weighted by Crippen LogP contribution is 2.26. The van der Waals surface area contributed by atoms with E-state index in [9.17, 15) is 14.4 Å². The molecule has 1 amide bonds. The average Bonchev–Trinajstić information content (AvgIpc) is 2.89. The average molecular weight is 490 g/mol. The second-order valence-corrected chi connectivity index (χ2v) is 9.49. The number of hydrogen-bond acceptors (Lipinski definition) is 5. The fourth-order valence-electron chi connectivity index (χ4n) is 3.98. The molecule has 0 bridgehead atoms. The van der Waals surface area contributed by atoms with E-state index in [2.05, 4.69) is 0 Å². The maximum absolute atomic E-state index is 14.1. The van der Waals surface area contributed by atoms with Gasteiger partial charge in [0.1, 0.15) is 6.04 Å². The van der Waals surface area contributed by atoms with Crippen molar-refractivity contribution in [2.24, 2.45) is 5.92 Å². The summed E-state index contributed by atoms with van der Waals surface area (Å²) in [7, 11) is 1.34. The molecule has 3 aromatic carbocycles. The second kappa shape index (κ2) is 13.5. The number of anilines is 1. The van der Waals surface area contributed by atoms with Gasteiger partial charge in [0.25, 0.3) is 0 Å². The Hall–Kier alpha value is -3.38. The molecule has 0 aliphatic carbocycles. The Balaban J connectivity index is 1.97. The van der Waals surface area contributed by atoms with Crippen molar-refractivity contribution in [3.8, 4) is 0 Å². The quantitative estimate of drug-likeness (QED) is 0.341. The first-order valence-electron chi connectivity index (χ1n) is 11.7. The smallest absolute Gasteiger partial charge is 0.329 e. The van der Waals surface area contributed by atoms with E-state index < -0.39 is 17.9 Å². The van der Waals surface area contributed by atoms with Crippen LogP contribution >= 0.6 is 11.8 Å². The van der Waals surface area contributed by atoms with Crippen molar-refractivity contribution in [1.82, 2.24) is 0 Å². The summed E-state index contributed by atoms with van der Waals surface area (Å²) < 4.78 is 5.15. The van der Waals surface area contributed by atoms with Crippen molar-refractivity contribution in [2.45, 2.75) is 32.2 Å². The molecule has 0 N–H and O–H groups in total. The highest BCUT2D eigenvalue weighted by molar-refractivity contribution is 8.13. The Morgan fingerprint density at radius 2 is 1.37 bits per heavy atom. The summed E-state index contributed by atoms with van der Waals surface area (Å²) >= 11 is 1.14. The van der Waals surface area contributed by atoms with Crippen LogP contribution in [0.5, 0.6) is 0 Å². The van der Waals surface area contributed by atoms with Crippen LogP contribution < -0.4 is 4.90 Å². The molecule has 6 heteroatoms. The molecule has 0 heterocycles. The van der Waals surface area contributed by atoms with Crippen LogP contribution in [0, 0.1) is 5.92 Å². The van der Waals surface area contributed by atoms with Gasteiger partial charge in [-0.1, -0.05) is 90.6 Å². The van der Waals surface area contributed by atoms with Gasteiger partial charge in [0.15, 0.2) is 5.12 Å². The fraction of sp³-hybridized carbons (Fsp3) is 0.276. The molecule has 1 unspecified atom stereocenters. The van der Waals surface area contributed by atoms with Crippen molar-refractivity contribution < 1.29 is 19.1 Å². The summed E-state index contributed by atoms with van der Waals surface area (Å²) in [6.45, 7) is 1.50. The molecule has 3 rings (SSSR count). The fourth-order valence-corrected chi connectivity index (χ4v) is 4.73. The Morgan fingerprint density at radius 1 is 0.829 bits per heavy atom. The van der Waals surface area contributed by atoms with Gasteiger partial charge in [-0.05, 0) is 36.1 Å². The minimum atomic E-state index is -0.834. The summed E-state index contributed by atoms with van der Waals surface area (Å²) in [5.74, 6) is -0.768. The lowest BCUT2D eigenvalue weighted by Crippen LogP contribution is -2.50. The maximum Gasteiger partial charge on any atom is 0.329 e. The Labute approximate surface area is 211 Å². The van der Waals surface area contributed by atoms with Crippen LogP contribution in [0.3, 0.4) is 0 Å². The number of nitrogens with zero attached hydrogens (tertiary/aromatic N) is 1. The van der Waals surface area contributed by atoms with E-state index in [-0.39, 0.29) is 11.0 Å². The van der Waals surface area contributed by atoms with Crippen molar-refractivity contribution in [3.63, 3.8) is 0 Å². The number of thioether (sulfide) groups is 1. The third-order valence-electron chi connectivity index (χ3n) is 5.79. The molecule has 0 aliphatic rings. The molecule has 182 valence electrons. The zero-order chi connectivity index (χ0) is 25.0. The van der Waals surface area contributed by atoms with Crippen molar-refractivity contribution in [1.29, 1.82) is 0 Å². The largest absolute Gasteiger partial charge is 0.467 e. The predicted octanol–water partition coefficient (Wildman–Crippen LogP) is 5.33. The standard InChI is InChI=1S/C29H31NO4S/c1-22(31)35-21-25(19-18-23-12-6-3-7-13-23)28(32)30(26-16-10-5-11-17-26)27(29(33)34-2)20-24-14-8-4-9-15-24/h3-17,25,27H,18-21H2,1-2H3/t25?,27-/m0/s1. The van der Waals surface area contributed by atoms with Crippen molar-refractivity contribution in [2.75, 3.05) is 17.8 Å². The van der Waals surface area contributed by atoms with Gasteiger partial charge in [-0.3, -0.25) is 14.5 Å². The maximum atomic E-state index is 14.1. The topological polar surface area (TPSA) is 63.7 Å². The highest BCUT2D eigenvalue weighted by Gasteiger charge is 2.35. The Morgan fingerprint density at radius 3 is 1.91 bits per heavy atom. The monoisotopic (exact) mass is 489 g/mol. The van der Waals surface area contributed by atoms with E-state index in [0.717, 1.165) is 22.9 Å². The number of para-hydroxylation sites is 1. The lowest BCUT2D eigenvalue weighted by atomic mass is 9.97. The molecule has 0 saturated carbocycles. The summed E-state index contributed by atoms with van der Waals surface area (Å²) in [6, 6.07) is 27.9. The first kappa shape index (κ1) is 26.2. The number of amides is 1. The molecule has 0 aromatic heterocycles. The molecular weight excluding hydrogens is 458 g/mol. The zero-order valence-electron chi connectivity index (χ0n) is 20.1. The molecule has 0 fully saturated rings. The molecule has 5 nitrogen and oxygen atoms in total. The first-order valence-corrected chi connectivity index (χ1v) is 12.6. The number of benzene rings is 3. The molecule has 0 radical (unpaired) electrons. The van der Waals surface area contributed by atoms with E-state index in [4.69, 9.17) is 4.74 Å². The number of aryl methyl sites for hydroxylation is 1. The van der Waals surface area contributed by atoms with Crippen LogP contribution in [0.1, 0.15) is 24.5 Å². The minimum absolute atomic E-state index is 0.0393. The van der Waals surface area contributed by atoms with Crippen molar-refractivity contribution in [3.05, 3.63) is 102 Å². The summed E-state index contributed by atoms with van der Waals surface area (Å²) in [5, 5.41) is -0.0393. The zero-order valence-corrected chi connectivity index (χ0v) is 20.9. The number of ether oxygens (including phenoxy) is 1. The van der Waals surface area contributed by atoms with Gasteiger partial charge in [-0.15, -0.1) is 0 Å². The van der Waals surface area contributed by atoms with Gasteiger partial charge in [-0.25, -0.2) is 4.79 Å². The number of carbonyl (C=O) groups excluding carboxylic acids is 3. The SMILES string of the molecule is COC(=O)[C@H](Cc1ccccc1)N(C(=O)C(CCc1ccccc1)CSC(C)=O)c1ccccc1. The summed E-state index contributed by atoms with van der Waals surface area (Å²) in [6.07, 6.45) is 1.57. The van der Waals surface area contributed by atoms with Crippen LogP contribution in [0.4, 0.5) is 5.69 Å². The van der Waals surface area contributed by atoms with E-state index >= 15 is 0 Å². The molecule has 2 atom stereocenters. The summed E-state index contributed by atoms with van der Waals surface area (Å²) in [4.78, 5) is 40.5. The van der Waals surface area contributed by atoms with Gasteiger partial charge in [0.2, 0.25) is 5.91 Å². The minimum Gasteiger partial charge on any atom is -0.467 e. The molecule has 3 aromatic rings. The van der Waals surface area contributed by atoms with Crippen LogP contribution in [0.2, 0.25) is 0 Å². The summed E-state index contributed by atoms with van der Waals surface area (Å²) in [5.41, 5.74) is 2.68. The van der Waals surface area contributed by atoms with Gasteiger partial charge in [-0.2, -0.15) is 0 Å². The van der Waals surface area contributed by atoms with E-state index in [1.54, 1.807) is 4.90 Å². The third kappa shape index (κ3) is 7.82. The van der Waals surface area contributed by atoms with E-state index in [1.165, 1.54) is 14.0 Å². The van der Waals surface area contributed by atoms with Crippen LogP contribution in [-0.2, 0) is 32.0 Å². The molecule has 35 heavy (non-hydrogen) atoms. The normalized spacial score (nSPS) is 12.4. The highest BCUT2D eigenvalue weighted by atomic mass is 32.2. The predicted molar refractivity (Wildman–Crippen MR) is 141 cm³/mol. The Bertz CT molecular complexity index is 1090. The first-order chi connectivity index (χ1) is 17.0. The van der Waals surface area contributed by atoms with Crippen LogP contribution in [0.25, 0.3) is 0 Å². The van der Waals surface area contributed by atoms with Gasteiger partial charge in [0.05, 0.1) is 7.11 Å². The van der Waals surface area contributed by atoms with Gasteiger partial charge < -0.3 is 4.74 Å². The van der Waals surface area contributed by atoms with E-state index in [1.807, 2.05) is 91.0 Å². The van der Waals surface area contributed by atoms with Crippen molar-refractivity contribution >= 4 is 34.4 Å². The molecular formula is C29H31NO4S. The Kier molecular flexibility index (Phi) is 10.1. The lowest BCUT2D eigenvalue weighted by Gasteiger charge is -2.33. The van der Waals surface area contributed by atoms with E-state index in [0.29, 0.717) is 30.7 Å². The van der Waals surface area contributed by atoms with Crippen LogP contribution in [-0.4, -0.2) is 35.9 Å². The van der Waals surface area contributed by atoms with Gasteiger partial charge in [0, 0.05) is 30.7 Å².